The second kappa shape index (κ2) is 5.32. The average molecular weight is 274 g/mol. The Morgan fingerprint density at radius 2 is 1.95 bits per heavy atom. The summed E-state index contributed by atoms with van der Waals surface area (Å²) >= 11 is 0. The van der Waals surface area contributed by atoms with Crippen molar-refractivity contribution in [3.05, 3.63) is 18.0 Å². The molecule has 0 unspecified atom stereocenters. The van der Waals surface area contributed by atoms with E-state index in [1.807, 2.05) is 19.3 Å². The van der Waals surface area contributed by atoms with E-state index in [1.165, 1.54) is 32.4 Å². The van der Waals surface area contributed by atoms with Crippen molar-refractivity contribution in [3.63, 3.8) is 0 Å². The molecule has 0 amide bonds. The van der Waals surface area contributed by atoms with Gasteiger partial charge in [-0.15, -0.1) is 0 Å². The smallest absolute Gasteiger partial charge is 0.225 e. The zero-order valence-electron chi connectivity index (χ0n) is 13.0. The van der Waals surface area contributed by atoms with E-state index in [9.17, 15) is 0 Å². The van der Waals surface area contributed by atoms with Gasteiger partial charge in [-0.25, -0.2) is 9.97 Å². The summed E-state index contributed by atoms with van der Waals surface area (Å²) in [6.07, 6.45) is 7.79. The first-order valence-corrected chi connectivity index (χ1v) is 7.88. The molecule has 2 aliphatic rings. The van der Waals surface area contributed by atoms with Crippen LogP contribution in [0.15, 0.2) is 12.4 Å². The van der Waals surface area contributed by atoms with Crippen LogP contribution in [0.25, 0.3) is 0 Å². The number of anilines is 1. The van der Waals surface area contributed by atoms with Gasteiger partial charge in [-0.1, -0.05) is 13.8 Å². The first kappa shape index (κ1) is 13.8. The largest absolute Gasteiger partial charge is 0.339 e. The maximum Gasteiger partial charge on any atom is 0.225 e. The number of nitrogens with zero attached hydrogens (tertiary/aromatic N) is 4. The van der Waals surface area contributed by atoms with Crippen LogP contribution in [0.1, 0.15) is 38.7 Å². The molecule has 4 heteroatoms. The highest BCUT2D eigenvalue weighted by Gasteiger charge is 2.46. The summed E-state index contributed by atoms with van der Waals surface area (Å²) in [4.78, 5) is 14.1. The standard InChI is InChI=1S/C16H26N4/c1-13(2)11-20-7-4-5-16(20)6-8-19(12-16)15-17-9-14(3)10-18-15/h9-10,13H,4-8,11-12H2,1-3H3/t16-/m1/s1. The Morgan fingerprint density at radius 1 is 1.20 bits per heavy atom. The fourth-order valence-electron chi connectivity index (χ4n) is 3.76. The van der Waals surface area contributed by atoms with Crippen molar-refractivity contribution in [1.82, 2.24) is 14.9 Å². The number of hydrogen-bond donors (Lipinski definition) is 0. The third-order valence-electron chi connectivity index (χ3n) is 4.71. The first-order chi connectivity index (χ1) is 9.59. The topological polar surface area (TPSA) is 32.3 Å². The fraction of sp³-hybridized carbons (Fsp3) is 0.750. The molecule has 4 nitrogen and oxygen atoms in total. The molecule has 2 aliphatic heterocycles. The molecule has 0 bridgehead atoms. The summed E-state index contributed by atoms with van der Waals surface area (Å²) in [5, 5.41) is 0. The van der Waals surface area contributed by atoms with Gasteiger partial charge in [0.1, 0.15) is 0 Å². The van der Waals surface area contributed by atoms with Gasteiger partial charge in [0.05, 0.1) is 0 Å². The molecule has 3 heterocycles. The normalized spacial score (nSPS) is 27.1. The van der Waals surface area contributed by atoms with Crippen molar-refractivity contribution in [3.8, 4) is 0 Å². The molecule has 1 atom stereocenters. The van der Waals surface area contributed by atoms with Crippen LogP contribution in [0, 0.1) is 12.8 Å². The first-order valence-electron chi connectivity index (χ1n) is 7.88. The Hall–Kier alpha value is -1.16. The van der Waals surface area contributed by atoms with Gasteiger partial charge in [-0.05, 0) is 44.2 Å². The Balaban J connectivity index is 1.73. The fourth-order valence-corrected chi connectivity index (χ4v) is 3.76. The number of hydrogen-bond acceptors (Lipinski definition) is 4. The zero-order valence-corrected chi connectivity index (χ0v) is 13.0. The van der Waals surface area contributed by atoms with E-state index in [4.69, 9.17) is 0 Å². The van der Waals surface area contributed by atoms with Crippen LogP contribution in [0.5, 0.6) is 0 Å². The lowest BCUT2D eigenvalue weighted by Crippen LogP contribution is -2.47. The van der Waals surface area contributed by atoms with Crippen LogP contribution in [0.2, 0.25) is 0 Å². The minimum Gasteiger partial charge on any atom is -0.339 e. The van der Waals surface area contributed by atoms with Crippen LogP contribution >= 0.6 is 0 Å². The molecular formula is C16H26N4. The summed E-state index contributed by atoms with van der Waals surface area (Å²) in [7, 11) is 0. The molecule has 0 aliphatic carbocycles. The van der Waals surface area contributed by atoms with E-state index in [2.05, 4.69) is 33.6 Å². The van der Waals surface area contributed by atoms with Crippen LogP contribution in [0.3, 0.4) is 0 Å². The average Bonchev–Trinajstić information content (AvgIpc) is 2.99. The Bertz CT molecular complexity index is 456. The highest BCUT2D eigenvalue weighted by molar-refractivity contribution is 5.34. The third kappa shape index (κ3) is 2.53. The molecule has 1 aromatic heterocycles. The lowest BCUT2D eigenvalue weighted by molar-refractivity contribution is 0.141. The van der Waals surface area contributed by atoms with Crippen LogP contribution in [-0.4, -0.2) is 46.6 Å². The van der Waals surface area contributed by atoms with Crippen LogP contribution in [0.4, 0.5) is 5.95 Å². The van der Waals surface area contributed by atoms with Gasteiger partial charge in [0.2, 0.25) is 5.95 Å². The molecule has 1 aromatic rings. The molecule has 110 valence electrons. The Kier molecular flexibility index (Phi) is 3.67. The molecule has 20 heavy (non-hydrogen) atoms. The minimum atomic E-state index is 0.387. The maximum absolute atomic E-state index is 4.50. The second-order valence-corrected chi connectivity index (χ2v) is 6.90. The van der Waals surface area contributed by atoms with Crippen LogP contribution in [-0.2, 0) is 0 Å². The van der Waals surface area contributed by atoms with E-state index < -0.39 is 0 Å². The number of aromatic nitrogens is 2. The lowest BCUT2D eigenvalue weighted by atomic mass is 9.94. The van der Waals surface area contributed by atoms with E-state index in [1.54, 1.807) is 0 Å². The predicted octanol–water partition coefficient (Wildman–Crippen LogP) is 2.49. The van der Waals surface area contributed by atoms with E-state index >= 15 is 0 Å². The quantitative estimate of drug-likeness (QED) is 0.847. The van der Waals surface area contributed by atoms with Gasteiger partial charge in [0.25, 0.3) is 0 Å². The number of rotatable bonds is 3. The molecule has 2 fully saturated rings. The van der Waals surface area contributed by atoms with Gasteiger partial charge in [-0.3, -0.25) is 4.90 Å². The molecule has 0 radical (unpaired) electrons. The van der Waals surface area contributed by atoms with Crippen molar-refractivity contribution in [2.24, 2.45) is 5.92 Å². The minimum absolute atomic E-state index is 0.387. The second-order valence-electron chi connectivity index (χ2n) is 6.90. The molecule has 1 spiro atoms. The van der Waals surface area contributed by atoms with Crippen molar-refractivity contribution < 1.29 is 0 Å². The number of likely N-dealkylation sites (tertiary alicyclic amines) is 1. The molecule has 3 rings (SSSR count). The summed E-state index contributed by atoms with van der Waals surface area (Å²) in [6.45, 7) is 11.4. The lowest BCUT2D eigenvalue weighted by Gasteiger charge is -2.36. The van der Waals surface area contributed by atoms with E-state index in [0.29, 0.717) is 5.54 Å². The SMILES string of the molecule is Cc1cnc(N2CC[C@]3(CCCN3CC(C)C)C2)nc1. The Morgan fingerprint density at radius 3 is 2.65 bits per heavy atom. The van der Waals surface area contributed by atoms with Gasteiger partial charge in [0, 0.05) is 37.6 Å². The van der Waals surface area contributed by atoms with E-state index in [-0.39, 0.29) is 0 Å². The van der Waals surface area contributed by atoms with Gasteiger partial charge in [0.15, 0.2) is 0 Å². The summed E-state index contributed by atoms with van der Waals surface area (Å²) < 4.78 is 0. The summed E-state index contributed by atoms with van der Waals surface area (Å²) in [6, 6.07) is 0. The monoisotopic (exact) mass is 274 g/mol. The van der Waals surface area contributed by atoms with Gasteiger partial charge >= 0.3 is 0 Å². The van der Waals surface area contributed by atoms with Crippen molar-refractivity contribution >= 4 is 5.95 Å². The van der Waals surface area contributed by atoms with Gasteiger partial charge in [-0.2, -0.15) is 0 Å². The zero-order chi connectivity index (χ0) is 14.2. The van der Waals surface area contributed by atoms with Gasteiger partial charge < -0.3 is 4.90 Å². The Labute approximate surface area is 122 Å². The number of aryl methyl sites for hydroxylation is 1. The third-order valence-corrected chi connectivity index (χ3v) is 4.71. The highest BCUT2D eigenvalue weighted by atomic mass is 15.3. The van der Waals surface area contributed by atoms with Crippen molar-refractivity contribution in [1.29, 1.82) is 0 Å². The maximum atomic E-state index is 4.50. The van der Waals surface area contributed by atoms with Crippen molar-refractivity contribution in [2.45, 2.75) is 45.6 Å². The molecular weight excluding hydrogens is 248 g/mol. The highest BCUT2D eigenvalue weighted by Crippen LogP contribution is 2.38. The van der Waals surface area contributed by atoms with Crippen LogP contribution < -0.4 is 4.90 Å². The molecule has 2 saturated heterocycles. The van der Waals surface area contributed by atoms with E-state index in [0.717, 1.165) is 30.5 Å². The molecule has 0 N–H and O–H groups in total. The summed E-state index contributed by atoms with van der Waals surface area (Å²) in [5.41, 5.74) is 1.52. The molecule has 0 aromatic carbocycles. The molecule has 0 saturated carbocycles. The summed E-state index contributed by atoms with van der Waals surface area (Å²) in [5.74, 6) is 1.65. The predicted molar refractivity (Wildman–Crippen MR) is 82.0 cm³/mol. The van der Waals surface area contributed by atoms with Crippen molar-refractivity contribution in [2.75, 3.05) is 31.1 Å².